The molecule has 0 aliphatic rings. The zero-order chi connectivity index (χ0) is 55.5. The van der Waals surface area contributed by atoms with Crippen LogP contribution in [0.15, 0.2) is 97.2 Å². The molecule has 0 aromatic carbocycles. The number of unbranched alkanes of at least 4 members (excludes halogenated alkanes) is 22. The third kappa shape index (κ3) is 55.2. The number of esters is 3. The summed E-state index contributed by atoms with van der Waals surface area (Å²) in [7, 11) is -4.77. The molecule has 11 nitrogen and oxygen atoms in total. The molecule has 3 unspecified atom stereocenters. The lowest BCUT2D eigenvalue weighted by Gasteiger charge is -2.21. The Labute approximate surface area is 463 Å². The van der Waals surface area contributed by atoms with Crippen molar-refractivity contribution < 1.29 is 52.2 Å². The highest BCUT2D eigenvalue weighted by atomic mass is 31.2. The van der Waals surface area contributed by atoms with E-state index in [9.17, 15) is 28.9 Å². The van der Waals surface area contributed by atoms with Gasteiger partial charge in [0.25, 0.3) is 0 Å². The number of phosphoric ester groups is 1. The SMILES string of the molecule is CC/C=C\C/C=C\C/C=C\C/C=C\CCCCCCCCC(=O)OC(COC(=O)CC/C=C\C/C=C\C/C=C\C/C=C\CC)COP(=O)(O)OCC(CO)OC(=O)CCCCCCCCCCCCCCCCCCC. The fourth-order valence-electron chi connectivity index (χ4n) is 8.01. The summed E-state index contributed by atoms with van der Waals surface area (Å²) >= 11 is 0. The molecule has 436 valence electrons. The second kappa shape index (κ2) is 57.6. The summed E-state index contributed by atoms with van der Waals surface area (Å²) in [4.78, 5) is 48.6. The maximum Gasteiger partial charge on any atom is 0.472 e. The summed E-state index contributed by atoms with van der Waals surface area (Å²) in [5.41, 5.74) is 0. The zero-order valence-electron chi connectivity index (χ0n) is 48.2. The Bertz CT molecular complexity index is 1640. The number of aliphatic hydroxyl groups is 1. The minimum atomic E-state index is -4.77. The van der Waals surface area contributed by atoms with Gasteiger partial charge in [0.05, 0.1) is 19.8 Å². The summed E-state index contributed by atoms with van der Waals surface area (Å²) in [6.07, 6.45) is 68.1. The number of carbonyl (C=O) groups excluding carboxylic acids is 3. The lowest BCUT2D eigenvalue weighted by molar-refractivity contribution is -0.161. The Morgan fingerprint density at radius 3 is 1.11 bits per heavy atom. The van der Waals surface area contributed by atoms with Gasteiger partial charge < -0.3 is 24.2 Å². The van der Waals surface area contributed by atoms with E-state index in [4.69, 9.17) is 23.3 Å². The van der Waals surface area contributed by atoms with Crippen LogP contribution in [0.5, 0.6) is 0 Å². The van der Waals surface area contributed by atoms with E-state index in [2.05, 4.69) is 106 Å². The van der Waals surface area contributed by atoms with Gasteiger partial charge in [-0.25, -0.2) is 4.57 Å². The number of allylic oxidation sites excluding steroid dienone is 16. The van der Waals surface area contributed by atoms with E-state index in [0.29, 0.717) is 19.3 Å². The molecule has 0 spiro atoms. The fraction of sp³-hybridized carbons (Fsp3) is 0.703. The first kappa shape index (κ1) is 72.4. The molecule has 0 saturated heterocycles. The molecule has 0 bridgehead atoms. The van der Waals surface area contributed by atoms with Gasteiger partial charge in [-0.15, -0.1) is 0 Å². The smallest absolute Gasteiger partial charge is 0.462 e. The molecule has 0 aliphatic carbocycles. The summed E-state index contributed by atoms with van der Waals surface area (Å²) in [6, 6.07) is 0. The fourth-order valence-corrected chi connectivity index (χ4v) is 8.79. The lowest BCUT2D eigenvalue weighted by Crippen LogP contribution is -2.30. The Morgan fingerprint density at radius 2 is 0.711 bits per heavy atom. The van der Waals surface area contributed by atoms with Crippen LogP contribution in [0.25, 0.3) is 0 Å². The van der Waals surface area contributed by atoms with E-state index in [0.717, 1.165) is 109 Å². The standard InChI is InChI=1S/C64H109O11P/c1-4-7-10-13-16-19-22-25-27-29-30-32-34-37-40-43-46-49-52-55-64(68)75-61(57-71-62(66)53-50-47-44-41-38-35-24-21-18-15-12-9-6-3)59-73-76(69,70)72-58-60(56-65)74-63(67)54-51-48-45-42-39-36-33-31-28-26-23-20-17-14-11-8-5-2/h7,9-10,12,16,18-19,21,25,27,30,32,35,38,44,47,60-61,65H,4-6,8,11,13-15,17,20,22-24,26,28-29,31,33-34,36-37,39-43,45-46,48-59H2,1-3H3,(H,69,70)/b10-7-,12-9-,19-16-,21-18-,27-25-,32-30-,38-35-,47-44-. The molecular weight excluding hydrogens is 976 g/mol. The molecule has 0 saturated carbocycles. The third-order valence-corrected chi connectivity index (χ3v) is 13.5. The maximum absolute atomic E-state index is 12.9. The van der Waals surface area contributed by atoms with E-state index in [1.807, 2.05) is 12.2 Å². The molecule has 0 aliphatic heterocycles. The average Bonchev–Trinajstić information content (AvgIpc) is 3.41. The predicted octanol–water partition coefficient (Wildman–Crippen LogP) is 18.0. The Kier molecular flexibility index (Phi) is 54.8. The topological polar surface area (TPSA) is 155 Å². The largest absolute Gasteiger partial charge is 0.472 e. The molecule has 76 heavy (non-hydrogen) atoms. The monoisotopic (exact) mass is 1080 g/mol. The molecule has 0 aromatic rings. The average molecular weight is 1090 g/mol. The highest BCUT2D eigenvalue weighted by Gasteiger charge is 2.28. The Balaban J connectivity index is 4.75. The second-order valence-corrected chi connectivity index (χ2v) is 21.2. The number of hydrogen-bond acceptors (Lipinski definition) is 10. The highest BCUT2D eigenvalue weighted by molar-refractivity contribution is 7.47. The molecule has 3 atom stereocenters. The molecule has 2 N–H and O–H groups in total. The van der Waals surface area contributed by atoms with Crippen LogP contribution in [0.2, 0.25) is 0 Å². The van der Waals surface area contributed by atoms with E-state index in [1.165, 1.54) is 83.5 Å². The van der Waals surface area contributed by atoms with E-state index in [1.54, 1.807) is 0 Å². The van der Waals surface area contributed by atoms with Gasteiger partial charge in [0.2, 0.25) is 0 Å². The van der Waals surface area contributed by atoms with Crippen molar-refractivity contribution in [3.63, 3.8) is 0 Å². The summed E-state index contributed by atoms with van der Waals surface area (Å²) in [5, 5.41) is 9.83. The predicted molar refractivity (Wildman–Crippen MR) is 316 cm³/mol. The van der Waals surface area contributed by atoms with Crippen LogP contribution in [0.1, 0.15) is 252 Å². The van der Waals surface area contributed by atoms with Crippen molar-refractivity contribution in [1.29, 1.82) is 0 Å². The number of rotatable bonds is 55. The first-order valence-electron chi connectivity index (χ1n) is 30.1. The molecule has 0 fully saturated rings. The van der Waals surface area contributed by atoms with Crippen molar-refractivity contribution in [2.75, 3.05) is 26.4 Å². The number of hydrogen-bond donors (Lipinski definition) is 2. The van der Waals surface area contributed by atoms with Crippen LogP contribution in [0.4, 0.5) is 0 Å². The first-order valence-corrected chi connectivity index (χ1v) is 31.6. The normalized spacial score (nSPS) is 14.0. The van der Waals surface area contributed by atoms with Gasteiger partial charge in [-0.3, -0.25) is 23.4 Å². The van der Waals surface area contributed by atoms with Gasteiger partial charge in [0, 0.05) is 19.3 Å². The van der Waals surface area contributed by atoms with Crippen LogP contribution >= 0.6 is 7.82 Å². The Hall–Kier alpha value is -3.60. The number of carbonyl (C=O) groups is 3. The zero-order valence-corrected chi connectivity index (χ0v) is 49.1. The summed E-state index contributed by atoms with van der Waals surface area (Å²) < 4.78 is 39.5. The molecule has 0 radical (unpaired) electrons. The van der Waals surface area contributed by atoms with Crippen molar-refractivity contribution in [2.45, 2.75) is 264 Å². The van der Waals surface area contributed by atoms with E-state index in [-0.39, 0.29) is 25.9 Å². The summed E-state index contributed by atoms with van der Waals surface area (Å²) in [6.45, 7) is 4.34. The van der Waals surface area contributed by atoms with Crippen LogP contribution in [0.3, 0.4) is 0 Å². The summed E-state index contributed by atoms with van der Waals surface area (Å²) in [5.74, 6) is -1.58. The van der Waals surface area contributed by atoms with Gasteiger partial charge in [-0.1, -0.05) is 246 Å². The lowest BCUT2D eigenvalue weighted by atomic mass is 10.0. The van der Waals surface area contributed by atoms with Gasteiger partial charge in [-0.05, 0) is 83.5 Å². The minimum absolute atomic E-state index is 0.0988. The van der Waals surface area contributed by atoms with Gasteiger partial charge in [0.1, 0.15) is 12.7 Å². The number of ether oxygens (including phenoxy) is 3. The van der Waals surface area contributed by atoms with Crippen LogP contribution in [-0.2, 0) is 42.2 Å². The van der Waals surface area contributed by atoms with E-state index < -0.39 is 57.8 Å². The quantitative estimate of drug-likeness (QED) is 0.0197. The minimum Gasteiger partial charge on any atom is -0.462 e. The molecule has 0 amide bonds. The number of aliphatic hydroxyl groups excluding tert-OH is 1. The van der Waals surface area contributed by atoms with Gasteiger partial charge in [-0.2, -0.15) is 0 Å². The molecule has 0 heterocycles. The molecule has 0 rings (SSSR count). The van der Waals surface area contributed by atoms with Gasteiger partial charge in [0.15, 0.2) is 6.10 Å². The highest BCUT2D eigenvalue weighted by Crippen LogP contribution is 2.43. The first-order chi connectivity index (χ1) is 37.2. The third-order valence-electron chi connectivity index (χ3n) is 12.5. The Morgan fingerprint density at radius 1 is 0.382 bits per heavy atom. The van der Waals surface area contributed by atoms with Crippen LogP contribution in [-0.4, -0.2) is 66.5 Å². The molecule has 0 aromatic heterocycles. The van der Waals surface area contributed by atoms with Crippen molar-refractivity contribution >= 4 is 25.7 Å². The second-order valence-electron chi connectivity index (χ2n) is 19.8. The van der Waals surface area contributed by atoms with Crippen molar-refractivity contribution in [2.24, 2.45) is 0 Å². The number of phosphoric acid groups is 1. The van der Waals surface area contributed by atoms with Crippen molar-refractivity contribution in [3.8, 4) is 0 Å². The van der Waals surface area contributed by atoms with Crippen molar-refractivity contribution in [1.82, 2.24) is 0 Å². The van der Waals surface area contributed by atoms with Crippen molar-refractivity contribution in [3.05, 3.63) is 97.2 Å². The maximum atomic E-state index is 12.9. The molecule has 12 heteroatoms. The molecular formula is C64H109O11P. The van der Waals surface area contributed by atoms with Gasteiger partial charge >= 0.3 is 25.7 Å². The van der Waals surface area contributed by atoms with E-state index >= 15 is 0 Å². The van der Waals surface area contributed by atoms with Crippen LogP contribution in [0, 0.1) is 0 Å². The van der Waals surface area contributed by atoms with Crippen LogP contribution < -0.4 is 0 Å².